The van der Waals surface area contributed by atoms with Crippen molar-refractivity contribution in [1.29, 1.82) is 5.26 Å². The van der Waals surface area contributed by atoms with E-state index in [4.69, 9.17) is 14.7 Å². The monoisotopic (exact) mass is 317 g/mol. The zero-order valence-corrected chi connectivity index (χ0v) is 14.8. The van der Waals surface area contributed by atoms with Gasteiger partial charge in [-0.25, -0.2) is 0 Å². The Balaban J connectivity index is 2.59. The van der Waals surface area contributed by atoms with Crippen LogP contribution in [0.2, 0.25) is 0 Å². The molecule has 1 aromatic rings. The zero-order chi connectivity index (χ0) is 17.5. The van der Waals surface area contributed by atoms with Crippen molar-refractivity contribution in [3.05, 3.63) is 29.3 Å². The molecule has 0 radical (unpaired) electrons. The molecule has 0 fully saturated rings. The van der Waals surface area contributed by atoms with Gasteiger partial charge in [-0.15, -0.1) is 0 Å². The Hall–Kier alpha value is -2.02. The number of rotatable bonds is 7. The van der Waals surface area contributed by atoms with Gasteiger partial charge in [0.05, 0.1) is 12.2 Å². The van der Waals surface area contributed by atoms with Crippen molar-refractivity contribution >= 4 is 5.97 Å². The number of benzene rings is 1. The molecule has 1 aromatic carbocycles. The van der Waals surface area contributed by atoms with Crippen LogP contribution in [0, 0.1) is 17.2 Å². The number of hydrogen-bond donors (Lipinski definition) is 0. The van der Waals surface area contributed by atoms with Gasteiger partial charge >= 0.3 is 5.97 Å². The molecule has 0 aromatic heterocycles. The SMILES string of the molecule is CC(C)COC(=O)CCCc1ccc(C#N)c(OC(C)(C)C)c1. The molecule has 0 unspecified atom stereocenters. The first-order valence-corrected chi connectivity index (χ1v) is 8.09. The van der Waals surface area contributed by atoms with E-state index in [1.807, 2.05) is 46.8 Å². The van der Waals surface area contributed by atoms with Crippen LogP contribution in [-0.2, 0) is 16.0 Å². The van der Waals surface area contributed by atoms with Crippen LogP contribution in [0.1, 0.15) is 58.6 Å². The maximum Gasteiger partial charge on any atom is 0.305 e. The maximum absolute atomic E-state index is 11.6. The smallest absolute Gasteiger partial charge is 0.305 e. The van der Waals surface area contributed by atoms with Gasteiger partial charge in [-0.05, 0) is 57.2 Å². The van der Waals surface area contributed by atoms with Gasteiger partial charge in [0.25, 0.3) is 0 Å². The molecule has 0 aliphatic rings. The van der Waals surface area contributed by atoms with Crippen molar-refractivity contribution in [1.82, 2.24) is 0 Å². The second-order valence-electron chi connectivity index (χ2n) is 7.09. The summed E-state index contributed by atoms with van der Waals surface area (Å²) in [4.78, 5) is 11.6. The standard InChI is InChI=1S/C19H27NO3/c1-14(2)13-22-18(21)8-6-7-15-9-10-16(12-20)17(11-15)23-19(3,4)5/h9-11,14H,6-8,13H2,1-5H3. The van der Waals surface area contributed by atoms with E-state index in [2.05, 4.69) is 6.07 Å². The highest BCUT2D eigenvalue weighted by molar-refractivity contribution is 5.69. The van der Waals surface area contributed by atoms with Crippen LogP contribution in [0.25, 0.3) is 0 Å². The van der Waals surface area contributed by atoms with Crippen LogP contribution in [0.3, 0.4) is 0 Å². The predicted molar refractivity (Wildman–Crippen MR) is 90.3 cm³/mol. The Labute approximate surface area is 139 Å². The number of carbonyl (C=O) groups excluding carboxylic acids is 1. The minimum absolute atomic E-state index is 0.154. The normalized spacial score (nSPS) is 11.2. The van der Waals surface area contributed by atoms with Crippen molar-refractivity contribution in [2.75, 3.05) is 6.61 Å². The molecule has 0 N–H and O–H groups in total. The van der Waals surface area contributed by atoms with Crippen LogP contribution in [0.4, 0.5) is 0 Å². The van der Waals surface area contributed by atoms with Gasteiger partial charge in [-0.1, -0.05) is 19.9 Å². The number of ether oxygens (including phenoxy) is 2. The highest BCUT2D eigenvalue weighted by atomic mass is 16.5. The molecule has 0 atom stereocenters. The third kappa shape index (κ3) is 7.69. The van der Waals surface area contributed by atoms with Crippen molar-refractivity contribution in [2.24, 2.45) is 5.92 Å². The second-order valence-corrected chi connectivity index (χ2v) is 7.09. The topological polar surface area (TPSA) is 59.3 Å². The number of hydrogen-bond acceptors (Lipinski definition) is 4. The van der Waals surface area contributed by atoms with Gasteiger partial charge in [0.2, 0.25) is 0 Å². The molecule has 4 nitrogen and oxygen atoms in total. The van der Waals surface area contributed by atoms with E-state index in [1.54, 1.807) is 6.07 Å². The fraction of sp³-hybridized carbons (Fsp3) is 0.579. The average molecular weight is 317 g/mol. The zero-order valence-electron chi connectivity index (χ0n) is 14.8. The summed E-state index contributed by atoms with van der Waals surface area (Å²) in [5.41, 5.74) is 1.23. The van der Waals surface area contributed by atoms with Crippen LogP contribution < -0.4 is 4.74 Å². The van der Waals surface area contributed by atoms with Crippen molar-refractivity contribution in [2.45, 2.75) is 59.5 Å². The molecule has 126 valence electrons. The summed E-state index contributed by atoms with van der Waals surface area (Å²) in [6.45, 7) is 10.4. The molecule has 0 amide bonds. The predicted octanol–water partition coefficient (Wildman–Crippen LogP) is 4.26. The minimum atomic E-state index is -0.356. The quantitative estimate of drug-likeness (QED) is 0.705. The molecule has 23 heavy (non-hydrogen) atoms. The van der Waals surface area contributed by atoms with E-state index < -0.39 is 0 Å². The van der Waals surface area contributed by atoms with E-state index in [-0.39, 0.29) is 11.6 Å². The molecule has 0 saturated heterocycles. The van der Waals surface area contributed by atoms with Crippen LogP contribution in [0.5, 0.6) is 5.75 Å². The summed E-state index contributed by atoms with van der Waals surface area (Å²) in [5.74, 6) is 0.799. The van der Waals surface area contributed by atoms with Crippen molar-refractivity contribution < 1.29 is 14.3 Å². The van der Waals surface area contributed by atoms with E-state index in [0.29, 0.717) is 30.3 Å². The molecule has 0 saturated carbocycles. The molecule has 0 spiro atoms. The molecular weight excluding hydrogens is 290 g/mol. The number of carbonyl (C=O) groups is 1. The fourth-order valence-corrected chi connectivity index (χ4v) is 2.00. The third-order valence-electron chi connectivity index (χ3n) is 3.01. The Morgan fingerprint density at radius 2 is 2.00 bits per heavy atom. The second kappa shape index (κ2) is 8.57. The summed E-state index contributed by atoms with van der Waals surface area (Å²) >= 11 is 0. The molecule has 1 rings (SSSR count). The van der Waals surface area contributed by atoms with Gasteiger partial charge in [-0.3, -0.25) is 4.79 Å². The lowest BCUT2D eigenvalue weighted by Gasteiger charge is -2.22. The lowest BCUT2D eigenvalue weighted by molar-refractivity contribution is -0.144. The van der Waals surface area contributed by atoms with Gasteiger partial charge in [-0.2, -0.15) is 5.26 Å². The van der Waals surface area contributed by atoms with Gasteiger partial charge < -0.3 is 9.47 Å². The van der Waals surface area contributed by atoms with Crippen LogP contribution in [0.15, 0.2) is 18.2 Å². The number of nitriles is 1. The lowest BCUT2D eigenvalue weighted by Crippen LogP contribution is -2.23. The molecule has 0 heterocycles. The van der Waals surface area contributed by atoms with Gasteiger partial charge in [0.1, 0.15) is 17.4 Å². The molecule has 4 heteroatoms. The summed E-state index contributed by atoms with van der Waals surface area (Å²) in [7, 11) is 0. The third-order valence-corrected chi connectivity index (χ3v) is 3.01. The summed E-state index contributed by atoms with van der Waals surface area (Å²) in [6.07, 6.45) is 1.88. The number of aryl methyl sites for hydroxylation is 1. The van der Waals surface area contributed by atoms with E-state index >= 15 is 0 Å². The molecule has 0 bridgehead atoms. The van der Waals surface area contributed by atoms with Gasteiger partial charge in [0.15, 0.2) is 0 Å². The Bertz CT molecular complexity index is 565. The van der Waals surface area contributed by atoms with E-state index in [0.717, 1.165) is 18.4 Å². The summed E-state index contributed by atoms with van der Waals surface area (Å²) < 4.78 is 11.0. The maximum atomic E-state index is 11.6. The number of nitrogens with zero attached hydrogens (tertiary/aromatic N) is 1. The summed E-state index contributed by atoms with van der Waals surface area (Å²) in [6, 6.07) is 7.72. The van der Waals surface area contributed by atoms with E-state index in [9.17, 15) is 4.79 Å². The van der Waals surface area contributed by atoms with E-state index in [1.165, 1.54) is 0 Å². The first-order valence-electron chi connectivity index (χ1n) is 8.09. The van der Waals surface area contributed by atoms with Crippen molar-refractivity contribution in [3.8, 4) is 11.8 Å². The summed E-state index contributed by atoms with van der Waals surface area (Å²) in [5, 5.41) is 9.17. The molecular formula is C19H27NO3. The average Bonchev–Trinajstić information content (AvgIpc) is 2.43. The molecule has 0 aliphatic carbocycles. The Kier molecular flexibility index (Phi) is 7.09. The Morgan fingerprint density at radius 1 is 1.30 bits per heavy atom. The minimum Gasteiger partial charge on any atom is -0.487 e. The van der Waals surface area contributed by atoms with Crippen molar-refractivity contribution in [3.63, 3.8) is 0 Å². The molecule has 0 aliphatic heterocycles. The Morgan fingerprint density at radius 3 is 2.57 bits per heavy atom. The van der Waals surface area contributed by atoms with Crippen LogP contribution in [-0.4, -0.2) is 18.2 Å². The first-order chi connectivity index (χ1) is 10.7. The van der Waals surface area contributed by atoms with Gasteiger partial charge in [0, 0.05) is 6.42 Å². The fourth-order valence-electron chi connectivity index (χ4n) is 2.00. The number of esters is 1. The van der Waals surface area contributed by atoms with Crippen LogP contribution >= 0.6 is 0 Å². The lowest BCUT2D eigenvalue weighted by atomic mass is 10.0. The first kappa shape index (κ1) is 19.0. The highest BCUT2D eigenvalue weighted by Gasteiger charge is 2.15. The largest absolute Gasteiger partial charge is 0.487 e. The highest BCUT2D eigenvalue weighted by Crippen LogP contribution is 2.25.